The second-order valence-corrected chi connectivity index (χ2v) is 4.36. The van der Waals surface area contributed by atoms with Crippen molar-refractivity contribution in [1.82, 2.24) is 0 Å². The Balaban J connectivity index is 3.03. The summed E-state index contributed by atoms with van der Waals surface area (Å²) in [7, 11) is 0.159. The van der Waals surface area contributed by atoms with Crippen molar-refractivity contribution in [3.05, 3.63) is 24.3 Å². The zero-order valence-electron chi connectivity index (χ0n) is 6.16. The molecule has 10 heavy (non-hydrogen) atoms. The summed E-state index contributed by atoms with van der Waals surface area (Å²) in [5, 5.41) is 9.29. The number of hydrogen-bond donors (Lipinski definition) is 1. The Kier molecular flexibility index (Phi) is 2.22. The first-order valence-corrected chi connectivity index (χ1v) is 5.11. The highest BCUT2D eigenvalue weighted by molar-refractivity contribution is 7.95. The van der Waals surface area contributed by atoms with Crippen LogP contribution in [-0.4, -0.2) is 17.6 Å². The van der Waals surface area contributed by atoms with Crippen molar-refractivity contribution in [3.63, 3.8) is 0 Å². The molecule has 0 amide bonds. The molecular weight excluding hydrogens is 144 g/mol. The van der Waals surface area contributed by atoms with E-state index < -0.39 is 0 Å². The highest BCUT2D eigenvalue weighted by atomic mass is 32.2. The van der Waals surface area contributed by atoms with Gasteiger partial charge in [-0.05, 0) is 12.1 Å². The van der Waals surface area contributed by atoms with E-state index in [1.54, 1.807) is 6.07 Å². The van der Waals surface area contributed by atoms with Gasteiger partial charge in [-0.25, -0.2) is 0 Å². The van der Waals surface area contributed by atoms with Crippen molar-refractivity contribution < 1.29 is 5.11 Å². The fourth-order valence-corrected chi connectivity index (χ4v) is 1.64. The van der Waals surface area contributed by atoms with Gasteiger partial charge in [-0.3, -0.25) is 0 Å². The third-order valence-corrected chi connectivity index (χ3v) is 2.53. The van der Waals surface area contributed by atoms with Gasteiger partial charge in [0.05, 0.1) is 0 Å². The van der Waals surface area contributed by atoms with Gasteiger partial charge < -0.3 is 5.11 Å². The molecular formula is C8H11OS+. The minimum atomic E-state index is 0.159. The third kappa shape index (κ3) is 1.45. The molecule has 0 atom stereocenters. The van der Waals surface area contributed by atoms with Crippen LogP contribution in [0.1, 0.15) is 0 Å². The maximum Gasteiger partial charge on any atom is 0.196 e. The number of rotatable bonds is 1. The smallest absolute Gasteiger partial charge is 0.196 e. The number of para-hydroxylation sites is 1. The molecule has 0 spiro atoms. The van der Waals surface area contributed by atoms with Crippen LogP contribution < -0.4 is 0 Å². The quantitative estimate of drug-likeness (QED) is 0.611. The molecule has 0 fully saturated rings. The van der Waals surface area contributed by atoms with Crippen molar-refractivity contribution in [2.75, 3.05) is 12.5 Å². The molecule has 1 aromatic rings. The second kappa shape index (κ2) is 2.97. The summed E-state index contributed by atoms with van der Waals surface area (Å²) in [4.78, 5) is 1.04. The van der Waals surface area contributed by atoms with E-state index in [-0.39, 0.29) is 10.9 Å². The van der Waals surface area contributed by atoms with Crippen molar-refractivity contribution in [3.8, 4) is 5.75 Å². The molecule has 0 aliphatic rings. The molecule has 1 N–H and O–H groups in total. The van der Waals surface area contributed by atoms with Crippen LogP contribution in [0, 0.1) is 0 Å². The van der Waals surface area contributed by atoms with E-state index in [9.17, 15) is 5.11 Å². The zero-order valence-corrected chi connectivity index (χ0v) is 6.98. The highest BCUT2D eigenvalue weighted by Crippen LogP contribution is 2.20. The first-order chi connectivity index (χ1) is 4.72. The topological polar surface area (TPSA) is 20.2 Å². The van der Waals surface area contributed by atoms with E-state index in [1.165, 1.54) is 0 Å². The number of hydrogen-bond acceptors (Lipinski definition) is 1. The van der Waals surface area contributed by atoms with Crippen molar-refractivity contribution in [1.29, 1.82) is 0 Å². The van der Waals surface area contributed by atoms with Crippen LogP contribution in [0.15, 0.2) is 29.2 Å². The third-order valence-electron chi connectivity index (χ3n) is 1.31. The minimum absolute atomic E-state index is 0.159. The lowest BCUT2D eigenvalue weighted by atomic mass is 10.3. The van der Waals surface area contributed by atoms with Gasteiger partial charge in [0, 0.05) is 10.9 Å². The molecule has 1 nitrogen and oxygen atoms in total. The predicted molar refractivity (Wildman–Crippen MR) is 45.6 cm³/mol. The highest BCUT2D eigenvalue weighted by Gasteiger charge is 2.11. The van der Waals surface area contributed by atoms with Crippen LogP contribution in [0.4, 0.5) is 0 Å². The summed E-state index contributed by atoms with van der Waals surface area (Å²) in [6.45, 7) is 0. The van der Waals surface area contributed by atoms with E-state index in [2.05, 4.69) is 12.5 Å². The lowest BCUT2D eigenvalue weighted by molar-refractivity contribution is 0.462. The van der Waals surface area contributed by atoms with Gasteiger partial charge in [-0.2, -0.15) is 0 Å². The average Bonchev–Trinajstić information content (AvgIpc) is 1.88. The first-order valence-electron chi connectivity index (χ1n) is 3.07. The minimum Gasteiger partial charge on any atom is -0.503 e. The van der Waals surface area contributed by atoms with Gasteiger partial charge in [-0.15, -0.1) is 0 Å². The monoisotopic (exact) mass is 155 g/mol. The Labute approximate surface area is 64.0 Å². The van der Waals surface area contributed by atoms with E-state index in [0.717, 1.165) is 4.90 Å². The Morgan fingerprint density at radius 3 is 2.20 bits per heavy atom. The summed E-state index contributed by atoms with van der Waals surface area (Å²) >= 11 is 0. The fraction of sp³-hybridized carbons (Fsp3) is 0.250. The number of aromatic hydroxyl groups is 1. The molecule has 1 rings (SSSR count). The van der Waals surface area contributed by atoms with Crippen LogP contribution in [0.25, 0.3) is 0 Å². The molecule has 2 heteroatoms. The van der Waals surface area contributed by atoms with Gasteiger partial charge in [0.1, 0.15) is 12.5 Å². The Hall–Kier alpha value is -0.630. The van der Waals surface area contributed by atoms with E-state index in [1.807, 2.05) is 18.2 Å². The van der Waals surface area contributed by atoms with Crippen LogP contribution in [0.5, 0.6) is 5.75 Å². The normalized spacial score (nSPS) is 10.3. The van der Waals surface area contributed by atoms with Crippen molar-refractivity contribution in [2.45, 2.75) is 4.90 Å². The molecule has 0 aliphatic heterocycles. The molecule has 0 aliphatic carbocycles. The average molecular weight is 155 g/mol. The molecule has 1 aromatic carbocycles. The SMILES string of the molecule is C[S+](C)c1ccccc1O. The largest absolute Gasteiger partial charge is 0.503 e. The first kappa shape index (κ1) is 7.48. The maximum atomic E-state index is 9.29. The molecule has 0 bridgehead atoms. The van der Waals surface area contributed by atoms with Crippen molar-refractivity contribution >= 4 is 10.9 Å². The maximum absolute atomic E-state index is 9.29. The van der Waals surface area contributed by atoms with Crippen LogP contribution in [0.3, 0.4) is 0 Å². The fourth-order valence-electron chi connectivity index (χ4n) is 0.802. The molecule has 0 aromatic heterocycles. The summed E-state index contributed by atoms with van der Waals surface area (Å²) < 4.78 is 0. The Morgan fingerprint density at radius 2 is 1.80 bits per heavy atom. The summed E-state index contributed by atoms with van der Waals surface area (Å²) in [5.41, 5.74) is 0. The van der Waals surface area contributed by atoms with Crippen molar-refractivity contribution in [2.24, 2.45) is 0 Å². The zero-order chi connectivity index (χ0) is 7.56. The van der Waals surface area contributed by atoms with Gasteiger partial charge >= 0.3 is 0 Å². The summed E-state index contributed by atoms with van der Waals surface area (Å²) in [6.07, 6.45) is 4.18. The van der Waals surface area contributed by atoms with E-state index >= 15 is 0 Å². The standard InChI is InChI=1S/C8H10OS/c1-10(2)8-6-4-3-5-7(8)9/h3-6H,1-2H3/p+1. The Bertz CT molecular complexity index is 220. The van der Waals surface area contributed by atoms with Gasteiger partial charge in [0.15, 0.2) is 10.6 Å². The van der Waals surface area contributed by atoms with E-state index in [0.29, 0.717) is 5.75 Å². The van der Waals surface area contributed by atoms with Crippen LogP contribution in [0.2, 0.25) is 0 Å². The predicted octanol–water partition coefficient (Wildman–Crippen LogP) is 1.63. The molecule has 0 saturated heterocycles. The molecule has 54 valence electrons. The molecule has 0 unspecified atom stereocenters. The van der Waals surface area contributed by atoms with Gasteiger partial charge in [-0.1, -0.05) is 12.1 Å². The van der Waals surface area contributed by atoms with Crippen LogP contribution in [-0.2, 0) is 10.9 Å². The lowest BCUT2D eigenvalue weighted by Gasteiger charge is -1.97. The van der Waals surface area contributed by atoms with E-state index in [4.69, 9.17) is 0 Å². The number of phenols is 1. The van der Waals surface area contributed by atoms with Gasteiger partial charge in [0.25, 0.3) is 0 Å². The number of phenolic OH excluding ortho intramolecular Hbond substituents is 1. The molecule has 0 radical (unpaired) electrons. The number of benzene rings is 1. The second-order valence-electron chi connectivity index (χ2n) is 2.28. The molecule has 0 saturated carbocycles. The molecule has 0 heterocycles. The summed E-state index contributed by atoms with van der Waals surface area (Å²) in [5.74, 6) is 0.413. The summed E-state index contributed by atoms with van der Waals surface area (Å²) in [6, 6.07) is 7.47. The van der Waals surface area contributed by atoms with Gasteiger partial charge in [0.2, 0.25) is 0 Å². The Morgan fingerprint density at radius 1 is 1.20 bits per heavy atom. The lowest BCUT2D eigenvalue weighted by Crippen LogP contribution is -1.94. The van der Waals surface area contributed by atoms with Crippen LogP contribution >= 0.6 is 0 Å².